The van der Waals surface area contributed by atoms with Crippen molar-refractivity contribution >= 4 is 31.9 Å². The summed E-state index contributed by atoms with van der Waals surface area (Å²) in [6, 6.07) is 0. The lowest BCUT2D eigenvalue weighted by Crippen LogP contribution is -2.18. The molecular weight excluding hydrogens is 448 g/mol. The molecule has 0 aliphatic carbocycles. The molecule has 0 fully saturated rings. The second kappa shape index (κ2) is 20.6. The number of rotatable bonds is 18. The van der Waals surface area contributed by atoms with Gasteiger partial charge in [0.1, 0.15) is 13.6 Å². The minimum atomic E-state index is 0.259. The Morgan fingerprint density at radius 1 is 0.680 bits per heavy atom. The lowest BCUT2D eigenvalue weighted by atomic mass is 10.1. The van der Waals surface area contributed by atoms with Crippen LogP contribution in [0.5, 0.6) is 0 Å². The van der Waals surface area contributed by atoms with Crippen LogP contribution in [0, 0.1) is 0 Å². The van der Waals surface area contributed by atoms with Gasteiger partial charge < -0.3 is 14.2 Å². The van der Waals surface area contributed by atoms with Gasteiger partial charge in [-0.3, -0.25) is 0 Å². The third-order valence-corrected chi connectivity index (χ3v) is 4.80. The zero-order valence-corrected chi connectivity index (χ0v) is 19.1. The molecule has 0 aromatic rings. The third-order valence-electron chi connectivity index (χ3n) is 3.88. The van der Waals surface area contributed by atoms with Crippen LogP contribution < -0.4 is 0 Å². The largest absolute Gasteiger partial charge is 0.352 e. The molecule has 0 amide bonds. The van der Waals surface area contributed by atoms with E-state index in [0.29, 0.717) is 13.6 Å². The summed E-state index contributed by atoms with van der Waals surface area (Å²) < 4.78 is 17.1. The smallest absolute Gasteiger partial charge is 0.149 e. The van der Waals surface area contributed by atoms with Gasteiger partial charge in [0.05, 0.1) is 12.2 Å². The molecule has 25 heavy (non-hydrogen) atoms. The number of allylic oxidation sites excluding steroid dienone is 4. The Morgan fingerprint density at radius 3 is 1.44 bits per heavy atom. The van der Waals surface area contributed by atoms with Crippen LogP contribution in [0.25, 0.3) is 0 Å². The number of hydrogen-bond acceptors (Lipinski definition) is 3. The summed E-state index contributed by atoms with van der Waals surface area (Å²) in [4.78, 5) is 0. The zero-order chi connectivity index (χ0) is 18.6. The SMILES string of the molecule is CCC(CCC=CCCBr)OCOCOC(CC)CCC=CCCBr. The Labute approximate surface area is 171 Å². The Kier molecular flexibility index (Phi) is 20.9. The first-order chi connectivity index (χ1) is 12.3. The van der Waals surface area contributed by atoms with E-state index < -0.39 is 0 Å². The van der Waals surface area contributed by atoms with Crippen LogP contribution in [0.1, 0.15) is 65.2 Å². The lowest BCUT2D eigenvalue weighted by molar-refractivity contribution is -0.166. The molecule has 0 aromatic carbocycles. The highest BCUT2D eigenvalue weighted by Crippen LogP contribution is 2.10. The topological polar surface area (TPSA) is 27.7 Å². The van der Waals surface area contributed by atoms with Crippen molar-refractivity contribution in [2.45, 2.75) is 77.4 Å². The summed E-state index contributed by atoms with van der Waals surface area (Å²) in [6.45, 7) is 4.93. The maximum absolute atomic E-state index is 5.78. The quantitative estimate of drug-likeness (QED) is 0.0933. The molecule has 0 saturated carbocycles. The summed E-state index contributed by atoms with van der Waals surface area (Å²) in [5.74, 6) is 0. The molecule has 0 rings (SSSR count). The Bertz CT molecular complexity index is 292. The van der Waals surface area contributed by atoms with Crippen molar-refractivity contribution in [1.29, 1.82) is 0 Å². The summed E-state index contributed by atoms with van der Waals surface area (Å²) in [6.07, 6.45) is 17.8. The molecule has 2 atom stereocenters. The second-order valence-corrected chi connectivity index (χ2v) is 7.47. The molecular formula is C20H36Br2O3. The molecule has 0 radical (unpaired) electrons. The first kappa shape index (κ1) is 25.3. The number of hydrogen-bond donors (Lipinski definition) is 0. The highest BCUT2D eigenvalue weighted by Gasteiger charge is 2.07. The van der Waals surface area contributed by atoms with Crippen LogP contribution in [0.4, 0.5) is 0 Å². The fourth-order valence-corrected chi connectivity index (χ4v) is 2.82. The maximum atomic E-state index is 5.78. The van der Waals surface area contributed by atoms with Crippen molar-refractivity contribution in [3.8, 4) is 0 Å². The van der Waals surface area contributed by atoms with Crippen LogP contribution in [0.2, 0.25) is 0 Å². The van der Waals surface area contributed by atoms with E-state index in [4.69, 9.17) is 14.2 Å². The minimum absolute atomic E-state index is 0.259. The van der Waals surface area contributed by atoms with Gasteiger partial charge in [-0.05, 0) is 51.4 Å². The highest BCUT2D eigenvalue weighted by molar-refractivity contribution is 9.09. The van der Waals surface area contributed by atoms with E-state index in [9.17, 15) is 0 Å². The monoisotopic (exact) mass is 482 g/mol. The number of ether oxygens (including phenoxy) is 3. The molecule has 3 nitrogen and oxygen atoms in total. The van der Waals surface area contributed by atoms with Gasteiger partial charge in [0.2, 0.25) is 0 Å². The van der Waals surface area contributed by atoms with Crippen molar-refractivity contribution in [2.75, 3.05) is 24.2 Å². The van der Waals surface area contributed by atoms with Gasteiger partial charge in [-0.25, -0.2) is 0 Å². The first-order valence-corrected chi connectivity index (χ1v) is 11.8. The van der Waals surface area contributed by atoms with Crippen molar-refractivity contribution in [3.63, 3.8) is 0 Å². The van der Waals surface area contributed by atoms with E-state index in [2.05, 4.69) is 70.0 Å². The first-order valence-electron chi connectivity index (χ1n) is 9.51. The fraction of sp³-hybridized carbons (Fsp3) is 0.800. The summed E-state index contributed by atoms with van der Waals surface area (Å²) in [7, 11) is 0. The van der Waals surface area contributed by atoms with Gasteiger partial charge in [0, 0.05) is 10.7 Å². The molecule has 0 spiro atoms. The average molecular weight is 484 g/mol. The Balaban J connectivity index is 3.68. The zero-order valence-electron chi connectivity index (χ0n) is 15.9. The molecule has 0 heterocycles. The van der Waals surface area contributed by atoms with Crippen LogP contribution in [0.15, 0.2) is 24.3 Å². The van der Waals surface area contributed by atoms with Crippen LogP contribution in [-0.4, -0.2) is 36.5 Å². The molecule has 148 valence electrons. The third kappa shape index (κ3) is 17.5. The van der Waals surface area contributed by atoms with E-state index >= 15 is 0 Å². The van der Waals surface area contributed by atoms with Crippen LogP contribution in [-0.2, 0) is 14.2 Å². The molecule has 0 N–H and O–H groups in total. The molecule has 2 unspecified atom stereocenters. The van der Waals surface area contributed by atoms with Crippen molar-refractivity contribution in [2.24, 2.45) is 0 Å². The fourth-order valence-electron chi connectivity index (χ4n) is 2.29. The normalized spacial score (nSPS) is 14.6. The summed E-state index contributed by atoms with van der Waals surface area (Å²) in [5.41, 5.74) is 0. The second-order valence-electron chi connectivity index (χ2n) is 5.89. The van der Waals surface area contributed by atoms with Crippen molar-refractivity contribution < 1.29 is 14.2 Å². The van der Waals surface area contributed by atoms with Crippen molar-refractivity contribution in [1.82, 2.24) is 0 Å². The number of alkyl halides is 2. The van der Waals surface area contributed by atoms with E-state index in [1.54, 1.807) is 0 Å². The summed E-state index contributed by atoms with van der Waals surface area (Å²) in [5, 5.41) is 2.05. The molecule has 0 saturated heterocycles. The Morgan fingerprint density at radius 2 is 1.08 bits per heavy atom. The molecule has 0 aliphatic heterocycles. The molecule has 0 aliphatic rings. The van der Waals surface area contributed by atoms with Crippen molar-refractivity contribution in [3.05, 3.63) is 24.3 Å². The lowest BCUT2D eigenvalue weighted by Gasteiger charge is -2.18. The summed E-state index contributed by atoms with van der Waals surface area (Å²) >= 11 is 6.84. The van der Waals surface area contributed by atoms with E-state index in [1.807, 2.05) is 0 Å². The van der Waals surface area contributed by atoms with E-state index in [-0.39, 0.29) is 12.2 Å². The highest BCUT2D eigenvalue weighted by atomic mass is 79.9. The van der Waals surface area contributed by atoms with Crippen LogP contribution >= 0.6 is 31.9 Å². The Hall–Kier alpha value is 0.320. The number of halogens is 2. The van der Waals surface area contributed by atoms with Gasteiger partial charge >= 0.3 is 0 Å². The standard InChI is InChI=1S/C20H36Br2O3/c1-3-19(13-9-5-7-11-15-21)24-17-23-18-25-20(4-2)14-10-6-8-12-16-22/h5-8,19-20H,3-4,9-18H2,1-2H3. The van der Waals surface area contributed by atoms with Crippen LogP contribution in [0.3, 0.4) is 0 Å². The van der Waals surface area contributed by atoms with Gasteiger partial charge in [0.25, 0.3) is 0 Å². The van der Waals surface area contributed by atoms with E-state index in [1.165, 1.54) is 0 Å². The predicted molar refractivity (Wildman–Crippen MR) is 115 cm³/mol. The van der Waals surface area contributed by atoms with Gasteiger partial charge in [0.15, 0.2) is 0 Å². The minimum Gasteiger partial charge on any atom is -0.352 e. The maximum Gasteiger partial charge on any atom is 0.149 e. The van der Waals surface area contributed by atoms with Gasteiger partial charge in [-0.15, -0.1) is 0 Å². The average Bonchev–Trinajstić information content (AvgIpc) is 2.64. The van der Waals surface area contributed by atoms with E-state index in [0.717, 1.165) is 62.0 Å². The van der Waals surface area contributed by atoms with Gasteiger partial charge in [-0.2, -0.15) is 0 Å². The van der Waals surface area contributed by atoms with Gasteiger partial charge in [-0.1, -0.05) is 70.0 Å². The predicted octanol–water partition coefficient (Wildman–Crippen LogP) is 6.75. The molecule has 5 heteroatoms. The molecule has 0 bridgehead atoms. The molecule has 0 aromatic heterocycles.